The molecular weight excluding hydrogens is 945 g/mol. The lowest BCUT2D eigenvalue weighted by Gasteiger charge is -2.26. The molecule has 14 rings (SSSR count). The summed E-state index contributed by atoms with van der Waals surface area (Å²) in [7, 11) is 0. The number of fused-ring (bicyclic) bond motifs is 6. The van der Waals surface area contributed by atoms with Crippen molar-refractivity contribution in [2.75, 3.05) is 9.80 Å². The van der Waals surface area contributed by atoms with Crippen LogP contribution < -0.4 is 9.80 Å². The third kappa shape index (κ3) is 8.58. The predicted molar refractivity (Wildman–Crippen MR) is 331 cm³/mol. The van der Waals surface area contributed by atoms with Crippen molar-refractivity contribution < 1.29 is 0 Å². The molecule has 0 unspecified atom stereocenters. The Hall–Kier alpha value is -10.4. The second-order valence-electron chi connectivity index (χ2n) is 19.8. The molecule has 0 aliphatic carbocycles. The Bertz CT molecular complexity index is 4170. The summed E-state index contributed by atoms with van der Waals surface area (Å²) in [6, 6.07) is 109. The molecule has 0 atom stereocenters. The topological polar surface area (TPSA) is 16.3 Å². The predicted octanol–water partition coefficient (Wildman–Crippen LogP) is 20.3. The van der Waals surface area contributed by atoms with E-state index in [0.29, 0.717) is 0 Å². The summed E-state index contributed by atoms with van der Waals surface area (Å²) in [5.74, 6) is 0. The van der Waals surface area contributed by atoms with E-state index in [1.165, 1.54) is 65.9 Å². The number of para-hydroxylation sites is 4. The zero-order chi connectivity index (χ0) is 51.8. The first-order valence-electron chi connectivity index (χ1n) is 26.7. The molecular formula is C74H52N4. The van der Waals surface area contributed by atoms with Gasteiger partial charge in [0.1, 0.15) is 0 Å². The van der Waals surface area contributed by atoms with E-state index in [-0.39, 0.29) is 0 Å². The highest BCUT2D eigenvalue weighted by Crippen LogP contribution is 2.43. The van der Waals surface area contributed by atoms with E-state index in [9.17, 15) is 0 Å². The van der Waals surface area contributed by atoms with Crippen LogP contribution in [0.2, 0.25) is 0 Å². The number of rotatable bonds is 12. The highest BCUT2D eigenvalue weighted by molar-refractivity contribution is 6.12. The van der Waals surface area contributed by atoms with Crippen molar-refractivity contribution in [2.24, 2.45) is 0 Å². The van der Waals surface area contributed by atoms with E-state index < -0.39 is 0 Å². The second kappa shape index (κ2) is 20.0. The van der Waals surface area contributed by atoms with Crippen molar-refractivity contribution in [1.82, 2.24) is 9.13 Å². The molecule has 0 aliphatic rings. The first kappa shape index (κ1) is 46.1. The summed E-state index contributed by atoms with van der Waals surface area (Å²) < 4.78 is 4.74. The Balaban J connectivity index is 0.810. The van der Waals surface area contributed by atoms with Gasteiger partial charge in [-0.2, -0.15) is 0 Å². The van der Waals surface area contributed by atoms with Crippen LogP contribution in [-0.4, -0.2) is 9.13 Å². The minimum Gasteiger partial charge on any atom is -0.310 e. The van der Waals surface area contributed by atoms with Crippen LogP contribution in [0.1, 0.15) is 11.1 Å². The average Bonchev–Trinajstić information content (AvgIpc) is 4.24. The molecule has 368 valence electrons. The summed E-state index contributed by atoms with van der Waals surface area (Å²) in [6.07, 6.45) is 4.42. The summed E-state index contributed by atoms with van der Waals surface area (Å²) in [4.78, 5) is 4.76. The third-order valence-electron chi connectivity index (χ3n) is 15.1. The Morgan fingerprint density at radius 1 is 0.218 bits per heavy atom. The fourth-order valence-corrected chi connectivity index (χ4v) is 11.4. The zero-order valence-electron chi connectivity index (χ0n) is 42.8. The van der Waals surface area contributed by atoms with Crippen molar-refractivity contribution >= 4 is 89.9 Å². The molecule has 0 spiro atoms. The molecule has 0 saturated heterocycles. The van der Waals surface area contributed by atoms with Gasteiger partial charge in [0.2, 0.25) is 0 Å². The van der Waals surface area contributed by atoms with Crippen LogP contribution >= 0.6 is 0 Å². The molecule has 2 heterocycles. The van der Waals surface area contributed by atoms with E-state index in [4.69, 9.17) is 0 Å². The number of anilines is 6. The van der Waals surface area contributed by atoms with E-state index in [1.807, 2.05) is 0 Å². The molecule has 0 N–H and O–H groups in total. The Morgan fingerprint density at radius 2 is 0.538 bits per heavy atom. The average molecular weight is 997 g/mol. The molecule has 0 amide bonds. The van der Waals surface area contributed by atoms with Gasteiger partial charge in [0.05, 0.1) is 22.1 Å². The van der Waals surface area contributed by atoms with Gasteiger partial charge in [-0.1, -0.05) is 194 Å². The lowest BCUT2D eigenvalue weighted by molar-refractivity contribution is 1.18. The third-order valence-corrected chi connectivity index (χ3v) is 15.1. The van der Waals surface area contributed by atoms with Crippen LogP contribution in [0, 0.1) is 0 Å². The molecule has 0 radical (unpaired) electrons. The SMILES string of the molecule is C(=C\c1ccc(N(c2cccc(-c3ccccc3)c2)c2ccc3c(c2)c2ccccc2n3-c2ccccc2)cc1)/c1ccc(N(c2cccc(-c3ccccc3)c2)c2ccc3c(c2)c2ccccc2n3-c2ccccc2)cc1. The fraction of sp³-hybridized carbons (Fsp3) is 0. The van der Waals surface area contributed by atoms with E-state index >= 15 is 0 Å². The zero-order valence-corrected chi connectivity index (χ0v) is 42.8. The van der Waals surface area contributed by atoms with Crippen molar-refractivity contribution in [3.8, 4) is 33.6 Å². The van der Waals surface area contributed by atoms with Crippen LogP contribution in [0.5, 0.6) is 0 Å². The maximum Gasteiger partial charge on any atom is 0.0542 e. The van der Waals surface area contributed by atoms with Crippen molar-refractivity contribution in [3.05, 3.63) is 314 Å². The Labute approximate surface area is 454 Å². The Morgan fingerprint density at radius 3 is 0.949 bits per heavy atom. The van der Waals surface area contributed by atoms with Gasteiger partial charge in [0.15, 0.2) is 0 Å². The van der Waals surface area contributed by atoms with Crippen molar-refractivity contribution in [3.63, 3.8) is 0 Å². The molecule has 0 fully saturated rings. The molecule has 4 nitrogen and oxygen atoms in total. The molecule has 0 bridgehead atoms. The lowest BCUT2D eigenvalue weighted by Crippen LogP contribution is -2.10. The van der Waals surface area contributed by atoms with Gasteiger partial charge in [-0.3, -0.25) is 0 Å². The number of nitrogens with zero attached hydrogens (tertiary/aromatic N) is 4. The minimum atomic E-state index is 1.08. The number of hydrogen-bond donors (Lipinski definition) is 0. The number of benzene rings is 12. The van der Waals surface area contributed by atoms with E-state index in [1.54, 1.807) is 0 Å². The molecule has 4 heteroatoms. The molecule has 78 heavy (non-hydrogen) atoms. The maximum absolute atomic E-state index is 2.38. The smallest absolute Gasteiger partial charge is 0.0542 e. The van der Waals surface area contributed by atoms with E-state index in [0.717, 1.165) is 56.6 Å². The summed E-state index contributed by atoms with van der Waals surface area (Å²) in [5, 5.41) is 4.86. The van der Waals surface area contributed by atoms with Gasteiger partial charge in [-0.05, 0) is 155 Å². The van der Waals surface area contributed by atoms with Crippen LogP contribution in [0.3, 0.4) is 0 Å². The standard InChI is InChI=1S/C74H52N4/c1-5-19-55(20-6-1)57-23-17-29-63(49-57)75(65-45-47-73-69(51-65)67-31-13-15-33-71(67)77(73)59-25-9-3-10-26-59)61-41-37-53(38-42-61)35-36-54-39-43-62(44-40-54)76(64-30-18-24-58(50-64)56-21-7-2-8-22-56)66-46-48-74-70(52-66)68-32-14-16-34-72(68)78(74)60-27-11-4-12-28-60/h1-52H/b36-35+. The lowest BCUT2D eigenvalue weighted by atomic mass is 10.0. The van der Waals surface area contributed by atoms with Crippen LogP contribution in [0.25, 0.3) is 89.4 Å². The molecule has 12 aromatic carbocycles. The highest BCUT2D eigenvalue weighted by atomic mass is 15.1. The number of aromatic nitrogens is 2. The first-order chi connectivity index (χ1) is 38.7. The van der Waals surface area contributed by atoms with Gasteiger partial charge >= 0.3 is 0 Å². The molecule has 0 saturated carbocycles. The maximum atomic E-state index is 2.38. The monoisotopic (exact) mass is 996 g/mol. The van der Waals surface area contributed by atoms with Gasteiger partial charge in [-0.15, -0.1) is 0 Å². The fourth-order valence-electron chi connectivity index (χ4n) is 11.4. The minimum absolute atomic E-state index is 1.08. The largest absolute Gasteiger partial charge is 0.310 e. The molecule has 0 aliphatic heterocycles. The summed E-state index contributed by atoms with van der Waals surface area (Å²) in [6.45, 7) is 0. The van der Waals surface area contributed by atoms with E-state index in [2.05, 4.69) is 334 Å². The van der Waals surface area contributed by atoms with Gasteiger partial charge < -0.3 is 18.9 Å². The Kier molecular flexibility index (Phi) is 11.8. The molecule has 14 aromatic rings. The summed E-state index contributed by atoms with van der Waals surface area (Å²) >= 11 is 0. The quantitative estimate of drug-likeness (QED) is 0.113. The van der Waals surface area contributed by atoms with Crippen LogP contribution in [0.15, 0.2) is 303 Å². The van der Waals surface area contributed by atoms with Crippen molar-refractivity contribution in [1.29, 1.82) is 0 Å². The number of hydrogen-bond acceptors (Lipinski definition) is 2. The van der Waals surface area contributed by atoms with Gasteiger partial charge in [-0.25, -0.2) is 0 Å². The van der Waals surface area contributed by atoms with Crippen LogP contribution in [0.4, 0.5) is 34.1 Å². The van der Waals surface area contributed by atoms with Gasteiger partial charge in [0, 0.05) is 67.0 Å². The van der Waals surface area contributed by atoms with Crippen LogP contribution in [-0.2, 0) is 0 Å². The molecule has 2 aromatic heterocycles. The highest BCUT2D eigenvalue weighted by Gasteiger charge is 2.20. The summed E-state index contributed by atoms with van der Waals surface area (Å²) in [5.41, 5.74) is 20.5. The first-order valence-corrected chi connectivity index (χ1v) is 26.7. The second-order valence-corrected chi connectivity index (χ2v) is 19.8. The van der Waals surface area contributed by atoms with Crippen molar-refractivity contribution in [2.45, 2.75) is 0 Å². The van der Waals surface area contributed by atoms with Gasteiger partial charge in [0.25, 0.3) is 0 Å². The normalized spacial score (nSPS) is 11.5.